The average Bonchev–Trinajstić information content (AvgIpc) is 3.34. The van der Waals surface area contributed by atoms with E-state index in [0.717, 1.165) is 57.9 Å². The highest BCUT2D eigenvalue weighted by Crippen LogP contribution is 2.24. The van der Waals surface area contributed by atoms with E-state index in [1.165, 1.54) is 4.68 Å². The van der Waals surface area contributed by atoms with Gasteiger partial charge in [-0.25, -0.2) is 4.68 Å². The molecule has 0 saturated carbocycles. The Morgan fingerprint density at radius 1 is 1.03 bits per heavy atom. The molecule has 3 aliphatic rings. The first-order valence-corrected chi connectivity index (χ1v) is 12.2. The largest absolute Gasteiger partial charge is 0.383 e. The van der Waals surface area contributed by atoms with E-state index in [-0.39, 0.29) is 23.3 Å². The molecule has 11 heteroatoms. The van der Waals surface area contributed by atoms with Gasteiger partial charge in [0, 0.05) is 78.6 Å². The SMILES string of the molecule is COCCn1ncc(N2CCC(C(=O)N3CCN(CC(=O)N4CCN(C)CC4)CC3)C2)cc1=O. The van der Waals surface area contributed by atoms with Crippen molar-refractivity contribution in [2.75, 3.05) is 97.7 Å². The van der Waals surface area contributed by atoms with Gasteiger partial charge >= 0.3 is 0 Å². The summed E-state index contributed by atoms with van der Waals surface area (Å²) >= 11 is 0. The number of rotatable bonds is 7. The van der Waals surface area contributed by atoms with Crippen LogP contribution >= 0.6 is 0 Å². The molecule has 11 nitrogen and oxygen atoms in total. The lowest BCUT2D eigenvalue weighted by molar-refractivity contribution is -0.138. The van der Waals surface area contributed by atoms with Gasteiger partial charge in [-0.2, -0.15) is 5.10 Å². The number of aromatic nitrogens is 2. The first-order valence-electron chi connectivity index (χ1n) is 12.2. The van der Waals surface area contributed by atoms with Crippen LogP contribution in [0.5, 0.6) is 0 Å². The van der Waals surface area contributed by atoms with E-state index in [4.69, 9.17) is 4.74 Å². The second kappa shape index (κ2) is 11.3. The lowest BCUT2D eigenvalue weighted by Gasteiger charge is -2.37. The van der Waals surface area contributed by atoms with Crippen LogP contribution in [0, 0.1) is 5.92 Å². The molecule has 4 heterocycles. The first-order chi connectivity index (χ1) is 16.4. The van der Waals surface area contributed by atoms with E-state index >= 15 is 0 Å². The number of ether oxygens (including phenoxy) is 1. The van der Waals surface area contributed by atoms with Crippen LogP contribution < -0.4 is 10.5 Å². The topological polar surface area (TPSA) is 94.5 Å². The molecule has 188 valence electrons. The van der Waals surface area contributed by atoms with E-state index in [2.05, 4.69) is 26.8 Å². The van der Waals surface area contributed by atoms with Crippen LogP contribution in [0.4, 0.5) is 5.69 Å². The minimum absolute atomic E-state index is 0.0746. The Hall–Kier alpha value is -2.50. The van der Waals surface area contributed by atoms with Crippen molar-refractivity contribution in [1.29, 1.82) is 0 Å². The van der Waals surface area contributed by atoms with Crippen LogP contribution in [0.15, 0.2) is 17.1 Å². The van der Waals surface area contributed by atoms with Gasteiger partial charge in [0.05, 0.1) is 37.5 Å². The molecule has 3 fully saturated rings. The molecule has 0 radical (unpaired) electrons. The average molecular weight is 476 g/mol. The van der Waals surface area contributed by atoms with Gasteiger partial charge in [-0.15, -0.1) is 0 Å². The maximum atomic E-state index is 13.1. The Kier molecular flexibility index (Phi) is 8.17. The predicted octanol–water partition coefficient (Wildman–Crippen LogP) is -1.37. The van der Waals surface area contributed by atoms with Gasteiger partial charge in [-0.3, -0.25) is 19.3 Å². The smallest absolute Gasteiger partial charge is 0.268 e. The van der Waals surface area contributed by atoms with Crippen molar-refractivity contribution < 1.29 is 14.3 Å². The Balaban J connectivity index is 1.23. The van der Waals surface area contributed by atoms with Crippen LogP contribution in [-0.2, 0) is 20.9 Å². The molecule has 1 unspecified atom stereocenters. The molecule has 0 spiro atoms. The summed E-state index contributed by atoms with van der Waals surface area (Å²) < 4.78 is 6.40. The lowest BCUT2D eigenvalue weighted by Crippen LogP contribution is -2.54. The van der Waals surface area contributed by atoms with E-state index in [0.29, 0.717) is 39.3 Å². The molecule has 0 aliphatic carbocycles. The number of piperazine rings is 2. The number of hydrogen-bond acceptors (Lipinski definition) is 8. The first kappa shape index (κ1) is 24.6. The van der Waals surface area contributed by atoms with Gasteiger partial charge in [0.2, 0.25) is 11.8 Å². The number of carbonyl (C=O) groups excluding carboxylic acids is 2. The Morgan fingerprint density at radius 2 is 1.74 bits per heavy atom. The minimum Gasteiger partial charge on any atom is -0.383 e. The number of anilines is 1. The highest BCUT2D eigenvalue weighted by molar-refractivity contribution is 5.81. The summed E-state index contributed by atoms with van der Waals surface area (Å²) in [6, 6.07) is 1.59. The number of nitrogens with zero attached hydrogens (tertiary/aromatic N) is 7. The molecule has 3 saturated heterocycles. The summed E-state index contributed by atoms with van der Waals surface area (Å²) in [5.41, 5.74) is 0.604. The molecule has 4 rings (SSSR count). The molecule has 1 aromatic rings. The Labute approximate surface area is 200 Å². The third-order valence-electron chi connectivity index (χ3n) is 7.16. The van der Waals surface area contributed by atoms with Crippen molar-refractivity contribution in [3.63, 3.8) is 0 Å². The Bertz CT molecular complexity index is 907. The quantitative estimate of drug-likeness (QED) is 0.477. The Morgan fingerprint density at radius 3 is 2.41 bits per heavy atom. The fourth-order valence-electron chi connectivity index (χ4n) is 4.87. The molecule has 3 aliphatic heterocycles. The number of methoxy groups -OCH3 is 1. The lowest BCUT2D eigenvalue weighted by atomic mass is 10.1. The van der Waals surface area contributed by atoms with Crippen LogP contribution in [-0.4, -0.2) is 134 Å². The number of carbonyl (C=O) groups is 2. The second-order valence-corrected chi connectivity index (χ2v) is 9.49. The maximum absolute atomic E-state index is 13.1. The number of likely N-dealkylation sites (N-methyl/N-ethyl adjacent to an activating group) is 1. The van der Waals surface area contributed by atoms with Crippen molar-refractivity contribution in [2.45, 2.75) is 13.0 Å². The standard InChI is InChI=1S/C23H37N7O4/c1-25-5-9-27(10-6-25)22(32)18-26-7-11-28(12-8-26)23(33)19-3-4-29(17-19)20-15-21(31)30(24-16-20)13-14-34-2/h15-16,19H,3-14,17-18H2,1-2H3. The monoisotopic (exact) mass is 475 g/mol. The van der Waals surface area contributed by atoms with Crippen LogP contribution in [0.25, 0.3) is 0 Å². The van der Waals surface area contributed by atoms with E-state index < -0.39 is 0 Å². The fourth-order valence-corrected chi connectivity index (χ4v) is 4.87. The van der Waals surface area contributed by atoms with Gasteiger partial charge < -0.3 is 24.3 Å². The van der Waals surface area contributed by atoms with Gasteiger partial charge in [-0.1, -0.05) is 0 Å². The van der Waals surface area contributed by atoms with Crippen molar-refractivity contribution >= 4 is 17.5 Å². The number of hydrogen-bond donors (Lipinski definition) is 0. The summed E-state index contributed by atoms with van der Waals surface area (Å²) in [4.78, 5) is 48.4. The molecule has 1 atom stereocenters. The summed E-state index contributed by atoms with van der Waals surface area (Å²) in [6.45, 7) is 8.84. The fraction of sp³-hybridized carbons (Fsp3) is 0.739. The second-order valence-electron chi connectivity index (χ2n) is 9.49. The van der Waals surface area contributed by atoms with Gasteiger partial charge in [0.15, 0.2) is 0 Å². The highest BCUT2D eigenvalue weighted by atomic mass is 16.5. The summed E-state index contributed by atoms with van der Waals surface area (Å²) in [6.07, 6.45) is 2.47. The molecule has 0 N–H and O–H groups in total. The minimum atomic E-state index is -0.161. The van der Waals surface area contributed by atoms with Crippen molar-refractivity contribution in [2.24, 2.45) is 5.92 Å². The zero-order valence-corrected chi connectivity index (χ0v) is 20.4. The molecular formula is C23H37N7O4. The van der Waals surface area contributed by atoms with Gasteiger partial charge in [-0.05, 0) is 13.5 Å². The third kappa shape index (κ3) is 5.94. The molecule has 0 bridgehead atoms. The van der Waals surface area contributed by atoms with Crippen LogP contribution in [0.3, 0.4) is 0 Å². The van der Waals surface area contributed by atoms with E-state index in [1.54, 1.807) is 19.4 Å². The van der Waals surface area contributed by atoms with E-state index in [9.17, 15) is 14.4 Å². The third-order valence-corrected chi connectivity index (χ3v) is 7.16. The van der Waals surface area contributed by atoms with Crippen LogP contribution in [0.2, 0.25) is 0 Å². The van der Waals surface area contributed by atoms with Gasteiger partial charge in [0.25, 0.3) is 5.56 Å². The highest BCUT2D eigenvalue weighted by Gasteiger charge is 2.33. The maximum Gasteiger partial charge on any atom is 0.268 e. The summed E-state index contributed by atoms with van der Waals surface area (Å²) in [5, 5.41) is 4.24. The molecule has 2 amide bonds. The summed E-state index contributed by atoms with van der Waals surface area (Å²) in [7, 11) is 3.67. The van der Waals surface area contributed by atoms with E-state index in [1.807, 2.05) is 9.80 Å². The molecule has 1 aromatic heterocycles. The van der Waals surface area contributed by atoms with Crippen molar-refractivity contribution in [3.05, 3.63) is 22.6 Å². The zero-order chi connectivity index (χ0) is 24.1. The molecular weight excluding hydrogens is 438 g/mol. The van der Waals surface area contributed by atoms with Crippen molar-refractivity contribution in [1.82, 2.24) is 29.4 Å². The predicted molar refractivity (Wildman–Crippen MR) is 128 cm³/mol. The number of amides is 2. The molecule has 34 heavy (non-hydrogen) atoms. The normalized spacial score (nSPS) is 22.4. The van der Waals surface area contributed by atoms with Crippen LogP contribution in [0.1, 0.15) is 6.42 Å². The summed E-state index contributed by atoms with van der Waals surface area (Å²) in [5.74, 6) is 0.292. The van der Waals surface area contributed by atoms with Gasteiger partial charge in [0.1, 0.15) is 0 Å². The van der Waals surface area contributed by atoms with Crippen molar-refractivity contribution in [3.8, 4) is 0 Å². The molecule has 0 aromatic carbocycles. The zero-order valence-electron chi connectivity index (χ0n) is 20.4.